The lowest BCUT2D eigenvalue weighted by Crippen LogP contribution is -2.19. The Morgan fingerprint density at radius 1 is 0.923 bits per heavy atom. The van der Waals surface area contributed by atoms with E-state index in [0.29, 0.717) is 5.41 Å². The molecule has 0 heterocycles. The molecule has 1 atom stereocenters. The van der Waals surface area contributed by atoms with Crippen molar-refractivity contribution in [1.82, 2.24) is 0 Å². The largest absolute Gasteiger partial charge is 0.393 e. The molecule has 0 aliphatic rings. The molecule has 1 N–H and O–H groups in total. The van der Waals surface area contributed by atoms with Gasteiger partial charge in [0.2, 0.25) is 0 Å². The Morgan fingerprint density at radius 3 is 1.69 bits per heavy atom. The third-order valence-corrected chi connectivity index (χ3v) is 2.08. The Morgan fingerprint density at radius 2 is 1.38 bits per heavy atom. The van der Waals surface area contributed by atoms with Crippen LogP contribution in [0.2, 0.25) is 0 Å². The number of hydrogen-bond acceptors (Lipinski definition) is 1. The number of rotatable bonds is 3. The second-order valence-corrected chi connectivity index (χ2v) is 6.52. The Balaban J connectivity index is 3.70. The summed E-state index contributed by atoms with van der Waals surface area (Å²) in [5.41, 5.74) is 0.593. The first-order valence-corrected chi connectivity index (χ1v) is 5.28. The highest BCUT2D eigenvalue weighted by molar-refractivity contribution is 4.71. The van der Waals surface area contributed by atoms with E-state index in [9.17, 15) is 5.11 Å². The van der Waals surface area contributed by atoms with Crippen molar-refractivity contribution in [2.24, 2.45) is 10.8 Å². The Hall–Kier alpha value is -0.0400. The van der Waals surface area contributed by atoms with E-state index in [1.807, 2.05) is 0 Å². The fraction of sp³-hybridized carbons (Fsp3) is 1.00. The van der Waals surface area contributed by atoms with E-state index in [1.165, 1.54) is 0 Å². The minimum Gasteiger partial charge on any atom is -0.393 e. The molecular weight excluding hydrogens is 160 g/mol. The van der Waals surface area contributed by atoms with Gasteiger partial charge in [0.05, 0.1) is 6.10 Å². The molecule has 0 rings (SSSR count). The Labute approximate surface area is 83.5 Å². The van der Waals surface area contributed by atoms with Gasteiger partial charge in [-0.2, -0.15) is 0 Å². The summed E-state index contributed by atoms with van der Waals surface area (Å²) in [5.74, 6) is 0. The quantitative estimate of drug-likeness (QED) is 0.714. The molecule has 1 nitrogen and oxygen atoms in total. The van der Waals surface area contributed by atoms with Gasteiger partial charge in [-0.25, -0.2) is 0 Å². The van der Waals surface area contributed by atoms with Crippen LogP contribution >= 0.6 is 0 Å². The zero-order valence-corrected chi connectivity index (χ0v) is 10.1. The zero-order chi connectivity index (χ0) is 10.7. The van der Waals surface area contributed by atoms with E-state index in [-0.39, 0.29) is 11.5 Å². The molecule has 1 heteroatoms. The minimum atomic E-state index is -0.126. The number of aliphatic hydroxyl groups is 1. The van der Waals surface area contributed by atoms with Crippen LogP contribution in [0.1, 0.15) is 60.8 Å². The van der Waals surface area contributed by atoms with Gasteiger partial charge < -0.3 is 5.11 Å². The van der Waals surface area contributed by atoms with Crippen molar-refractivity contribution in [3.63, 3.8) is 0 Å². The lowest BCUT2D eigenvalue weighted by atomic mass is 9.84. The van der Waals surface area contributed by atoms with Crippen LogP contribution in [0.5, 0.6) is 0 Å². The molecule has 0 aliphatic carbocycles. The van der Waals surface area contributed by atoms with Crippen molar-refractivity contribution < 1.29 is 5.11 Å². The molecule has 0 aromatic carbocycles. The molecule has 0 fully saturated rings. The van der Waals surface area contributed by atoms with Crippen molar-refractivity contribution >= 4 is 0 Å². The third-order valence-electron chi connectivity index (χ3n) is 2.08. The van der Waals surface area contributed by atoms with Crippen molar-refractivity contribution in [2.45, 2.75) is 66.9 Å². The first-order valence-electron chi connectivity index (χ1n) is 5.28. The summed E-state index contributed by atoms with van der Waals surface area (Å²) in [6.07, 6.45) is 2.81. The summed E-state index contributed by atoms with van der Waals surface area (Å²) >= 11 is 0. The molecule has 0 unspecified atom stereocenters. The van der Waals surface area contributed by atoms with Crippen LogP contribution in [0.25, 0.3) is 0 Å². The minimum absolute atomic E-state index is 0.126. The van der Waals surface area contributed by atoms with Gasteiger partial charge in [-0.3, -0.25) is 0 Å². The van der Waals surface area contributed by atoms with E-state index in [1.54, 1.807) is 0 Å². The molecule has 0 saturated heterocycles. The highest BCUT2D eigenvalue weighted by Crippen LogP contribution is 2.27. The van der Waals surface area contributed by atoms with Gasteiger partial charge >= 0.3 is 0 Å². The van der Waals surface area contributed by atoms with Gasteiger partial charge in [-0.05, 0) is 30.1 Å². The van der Waals surface area contributed by atoms with Gasteiger partial charge in [0.15, 0.2) is 0 Å². The van der Waals surface area contributed by atoms with E-state index in [2.05, 4.69) is 41.5 Å². The smallest absolute Gasteiger partial charge is 0.0545 e. The van der Waals surface area contributed by atoms with Crippen molar-refractivity contribution in [2.75, 3.05) is 0 Å². The fourth-order valence-electron chi connectivity index (χ4n) is 1.41. The van der Waals surface area contributed by atoms with Crippen LogP contribution in [0.15, 0.2) is 0 Å². The van der Waals surface area contributed by atoms with E-state index in [0.717, 1.165) is 19.3 Å². The van der Waals surface area contributed by atoms with E-state index >= 15 is 0 Å². The molecule has 0 bridgehead atoms. The SMILES string of the molecule is CC(C)(C)CC[C@@H](O)CC(C)(C)C. The summed E-state index contributed by atoms with van der Waals surface area (Å²) in [6, 6.07) is 0. The molecule has 0 aromatic heterocycles. The predicted octanol–water partition coefficient (Wildman–Crippen LogP) is 3.61. The van der Waals surface area contributed by atoms with Gasteiger partial charge in [0, 0.05) is 0 Å². The first kappa shape index (κ1) is 13.0. The first-order chi connectivity index (χ1) is 5.60. The molecule has 13 heavy (non-hydrogen) atoms. The Bertz CT molecular complexity index is 136. The normalized spacial score (nSPS) is 15.9. The van der Waals surface area contributed by atoms with Crippen LogP contribution in [0, 0.1) is 10.8 Å². The highest BCUT2D eigenvalue weighted by atomic mass is 16.3. The molecular formula is C12H26O. The van der Waals surface area contributed by atoms with Crippen molar-refractivity contribution in [3.05, 3.63) is 0 Å². The average Bonchev–Trinajstić information content (AvgIpc) is 1.78. The molecule has 0 aliphatic heterocycles. The standard InChI is InChI=1S/C12H26O/c1-11(2,3)8-7-10(13)9-12(4,5)6/h10,13H,7-9H2,1-6H3/t10-/m1/s1. The molecule has 80 valence electrons. The summed E-state index contributed by atoms with van der Waals surface area (Å²) in [4.78, 5) is 0. The number of hydrogen-bond donors (Lipinski definition) is 1. The zero-order valence-electron chi connectivity index (χ0n) is 10.1. The maximum atomic E-state index is 9.75. The fourth-order valence-corrected chi connectivity index (χ4v) is 1.41. The van der Waals surface area contributed by atoms with Crippen LogP contribution in [-0.4, -0.2) is 11.2 Å². The highest BCUT2D eigenvalue weighted by Gasteiger charge is 2.19. The second kappa shape index (κ2) is 4.45. The van der Waals surface area contributed by atoms with Gasteiger partial charge in [0.25, 0.3) is 0 Å². The molecule has 0 amide bonds. The molecule has 0 radical (unpaired) electrons. The average molecular weight is 186 g/mol. The van der Waals surface area contributed by atoms with Crippen LogP contribution in [0.4, 0.5) is 0 Å². The lowest BCUT2D eigenvalue weighted by Gasteiger charge is -2.25. The van der Waals surface area contributed by atoms with Crippen LogP contribution in [-0.2, 0) is 0 Å². The van der Waals surface area contributed by atoms with Crippen molar-refractivity contribution in [1.29, 1.82) is 0 Å². The molecule has 0 aromatic rings. The third kappa shape index (κ3) is 9.88. The van der Waals surface area contributed by atoms with Crippen LogP contribution < -0.4 is 0 Å². The van der Waals surface area contributed by atoms with Crippen molar-refractivity contribution in [3.8, 4) is 0 Å². The second-order valence-electron chi connectivity index (χ2n) is 6.52. The van der Waals surface area contributed by atoms with Crippen LogP contribution in [0.3, 0.4) is 0 Å². The van der Waals surface area contributed by atoms with Gasteiger partial charge in [-0.15, -0.1) is 0 Å². The maximum absolute atomic E-state index is 9.75. The summed E-state index contributed by atoms with van der Waals surface area (Å²) in [7, 11) is 0. The summed E-state index contributed by atoms with van der Waals surface area (Å²) < 4.78 is 0. The Kier molecular flexibility index (Phi) is 4.44. The monoisotopic (exact) mass is 186 g/mol. The lowest BCUT2D eigenvalue weighted by molar-refractivity contribution is 0.100. The van der Waals surface area contributed by atoms with Gasteiger partial charge in [0.1, 0.15) is 0 Å². The summed E-state index contributed by atoms with van der Waals surface area (Å²) in [6.45, 7) is 13.2. The number of aliphatic hydroxyl groups excluding tert-OH is 1. The van der Waals surface area contributed by atoms with E-state index < -0.39 is 0 Å². The topological polar surface area (TPSA) is 20.2 Å². The van der Waals surface area contributed by atoms with E-state index in [4.69, 9.17) is 0 Å². The summed E-state index contributed by atoms with van der Waals surface area (Å²) in [5, 5.41) is 9.75. The molecule has 0 saturated carbocycles. The maximum Gasteiger partial charge on any atom is 0.0545 e. The molecule has 0 spiro atoms. The van der Waals surface area contributed by atoms with Gasteiger partial charge in [-0.1, -0.05) is 41.5 Å². The predicted molar refractivity (Wildman–Crippen MR) is 58.8 cm³/mol.